The minimum absolute atomic E-state index is 0.703. The SMILES string of the molecule is Clc1c[c]cc(-[n+]2ccccc2)c1. The van der Waals surface area contributed by atoms with E-state index in [0.717, 1.165) is 5.69 Å². The van der Waals surface area contributed by atoms with Crippen LogP contribution in [0.15, 0.2) is 48.8 Å². The highest BCUT2D eigenvalue weighted by Crippen LogP contribution is 2.09. The molecule has 1 radical (unpaired) electrons. The van der Waals surface area contributed by atoms with Crippen molar-refractivity contribution in [3.8, 4) is 5.69 Å². The molecule has 0 fully saturated rings. The number of halogens is 1. The first kappa shape index (κ1) is 8.27. The van der Waals surface area contributed by atoms with Crippen molar-refractivity contribution < 1.29 is 4.57 Å². The summed E-state index contributed by atoms with van der Waals surface area (Å²) < 4.78 is 1.99. The molecule has 1 heterocycles. The van der Waals surface area contributed by atoms with Crippen molar-refractivity contribution in [3.05, 3.63) is 59.9 Å². The molecular weight excluding hydrogens is 182 g/mol. The summed E-state index contributed by atoms with van der Waals surface area (Å²) in [5.74, 6) is 0. The molecule has 2 heteroatoms. The third-order valence-corrected chi connectivity index (χ3v) is 1.97. The van der Waals surface area contributed by atoms with Gasteiger partial charge in [0.25, 0.3) is 0 Å². The van der Waals surface area contributed by atoms with Crippen LogP contribution in [0.3, 0.4) is 0 Å². The zero-order valence-corrected chi connectivity index (χ0v) is 7.70. The molecule has 1 aromatic carbocycles. The van der Waals surface area contributed by atoms with Gasteiger partial charge in [0.15, 0.2) is 12.4 Å². The fourth-order valence-corrected chi connectivity index (χ4v) is 1.33. The predicted octanol–water partition coefficient (Wildman–Crippen LogP) is 2.42. The van der Waals surface area contributed by atoms with Crippen LogP contribution >= 0.6 is 11.6 Å². The summed E-state index contributed by atoms with van der Waals surface area (Å²) >= 11 is 5.85. The van der Waals surface area contributed by atoms with Gasteiger partial charge in [0.1, 0.15) is 0 Å². The highest BCUT2D eigenvalue weighted by atomic mass is 35.5. The Morgan fingerprint density at radius 3 is 2.54 bits per heavy atom. The van der Waals surface area contributed by atoms with E-state index in [9.17, 15) is 0 Å². The minimum atomic E-state index is 0.703. The molecule has 0 amide bonds. The molecule has 0 saturated heterocycles. The molecule has 1 nitrogen and oxygen atoms in total. The van der Waals surface area contributed by atoms with Crippen LogP contribution in [-0.2, 0) is 0 Å². The quantitative estimate of drug-likeness (QED) is 0.607. The Kier molecular flexibility index (Phi) is 2.28. The number of hydrogen-bond donors (Lipinski definition) is 0. The second-order valence-corrected chi connectivity index (χ2v) is 3.13. The van der Waals surface area contributed by atoms with Crippen molar-refractivity contribution in [2.24, 2.45) is 0 Å². The molecule has 63 valence electrons. The van der Waals surface area contributed by atoms with E-state index in [1.165, 1.54) is 0 Å². The van der Waals surface area contributed by atoms with Crippen LogP contribution in [0.1, 0.15) is 0 Å². The lowest BCUT2D eigenvalue weighted by Gasteiger charge is -1.94. The van der Waals surface area contributed by atoms with Crippen LogP contribution in [0.25, 0.3) is 5.69 Å². The molecule has 0 saturated carbocycles. The van der Waals surface area contributed by atoms with E-state index in [4.69, 9.17) is 11.6 Å². The summed E-state index contributed by atoms with van der Waals surface area (Å²) in [7, 11) is 0. The van der Waals surface area contributed by atoms with Crippen molar-refractivity contribution in [1.29, 1.82) is 0 Å². The Balaban J connectivity index is 2.48. The Bertz CT molecular complexity index is 398. The van der Waals surface area contributed by atoms with Crippen molar-refractivity contribution in [1.82, 2.24) is 0 Å². The fourth-order valence-electron chi connectivity index (χ4n) is 1.15. The number of benzene rings is 1. The van der Waals surface area contributed by atoms with E-state index in [-0.39, 0.29) is 0 Å². The molecule has 0 aliphatic heterocycles. The first-order valence-electron chi connectivity index (χ1n) is 3.99. The van der Waals surface area contributed by atoms with Crippen LogP contribution < -0.4 is 4.57 Å². The number of aromatic nitrogens is 1. The Morgan fingerprint density at radius 2 is 1.85 bits per heavy atom. The normalized spacial score (nSPS) is 9.92. The third kappa shape index (κ3) is 1.87. The van der Waals surface area contributed by atoms with E-state index in [1.807, 2.05) is 47.3 Å². The lowest BCUT2D eigenvalue weighted by Crippen LogP contribution is -2.28. The van der Waals surface area contributed by atoms with Gasteiger partial charge in [-0.2, -0.15) is 4.57 Å². The second kappa shape index (κ2) is 3.58. The van der Waals surface area contributed by atoms with E-state index in [0.29, 0.717) is 5.02 Å². The van der Waals surface area contributed by atoms with E-state index in [1.54, 1.807) is 6.07 Å². The minimum Gasteiger partial charge on any atom is -0.167 e. The highest BCUT2D eigenvalue weighted by molar-refractivity contribution is 6.30. The van der Waals surface area contributed by atoms with E-state index >= 15 is 0 Å². The lowest BCUT2D eigenvalue weighted by molar-refractivity contribution is -0.595. The van der Waals surface area contributed by atoms with Gasteiger partial charge in [-0.15, -0.1) is 0 Å². The molecule has 0 unspecified atom stereocenters. The van der Waals surface area contributed by atoms with Gasteiger partial charge >= 0.3 is 0 Å². The third-order valence-electron chi connectivity index (χ3n) is 1.75. The number of hydrogen-bond acceptors (Lipinski definition) is 0. The van der Waals surface area contributed by atoms with Gasteiger partial charge in [-0.1, -0.05) is 17.7 Å². The summed E-state index contributed by atoms with van der Waals surface area (Å²) in [6.07, 6.45) is 3.94. The molecule has 0 spiro atoms. The van der Waals surface area contributed by atoms with Crippen LogP contribution in [-0.4, -0.2) is 0 Å². The average molecular weight is 190 g/mol. The standard InChI is InChI=1S/C11H8ClN/c12-10-5-4-6-11(9-10)13-7-2-1-3-8-13/h1-3,5-9H/q+1. The van der Waals surface area contributed by atoms with Gasteiger partial charge in [0, 0.05) is 29.3 Å². The van der Waals surface area contributed by atoms with Crippen LogP contribution in [0.4, 0.5) is 0 Å². The monoisotopic (exact) mass is 189 g/mol. The Morgan fingerprint density at radius 1 is 1.08 bits per heavy atom. The summed E-state index contributed by atoms with van der Waals surface area (Å²) in [6, 6.07) is 14.4. The molecule has 13 heavy (non-hydrogen) atoms. The van der Waals surface area contributed by atoms with Crippen LogP contribution in [0, 0.1) is 6.07 Å². The van der Waals surface area contributed by atoms with Crippen molar-refractivity contribution >= 4 is 11.6 Å². The number of rotatable bonds is 1. The topological polar surface area (TPSA) is 3.88 Å². The molecule has 2 rings (SSSR count). The summed E-state index contributed by atoms with van der Waals surface area (Å²) in [4.78, 5) is 0. The lowest BCUT2D eigenvalue weighted by atomic mass is 10.3. The maximum Gasteiger partial charge on any atom is 0.212 e. The van der Waals surface area contributed by atoms with Crippen molar-refractivity contribution in [3.63, 3.8) is 0 Å². The maximum absolute atomic E-state index is 5.85. The van der Waals surface area contributed by atoms with Crippen molar-refractivity contribution in [2.45, 2.75) is 0 Å². The van der Waals surface area contributed by atoms with Gasteiger partial charge in [0.2, 0.25) is 5.69 Å². The fraction of sp³-hybridized carbons (Fsp3) is 0. The predicted molar refractivity (Wildman–Crippen MR) is 51.8 cm³/mol. The largest absolute Gasteiger partial charge is 0.212 e. The Labute approximate surface area is 82.2 Å². The zero-order chi connectivity index (χ0) is 9.10. The Hall–Kier alpha value is -1.34. The number of pyridine rings is 1. The smallest absolute Gasteiger partial charge is 0.167 e. The summed E-state index contributed by atoms with van der Waals surface area (Å²) in [5, 5.41) is 0.703. The van der Waals surface area contributed by atoms with Gasteiger partial charge in [-0.05, 0) is 12.1 Å². The van der Waals surface area contributed by atoms with Gasteiger partial charge < -0.3 is 0 Å². The number of nitrogens with zero attached hydrogens (tertiary/aromatic N) is 1. The first-order chi connectivity index (χ1) is 6.36. The summed E-state index contributed by atoms with van der Waals surface area (Å²) in [6.45, 7) is 0. The molecule has 0 atom stereocenters. The van der Waals surface area contributed by atoms with E-state index < -0.39 is 0 Å². The van der Waals surface area contributed by atoms with Crippen LogP contribution in [0.2, 0.25) is 5.02 Å². The van der Waals surface area contributed by atoms with Gasteiger partial charge in [-0.3, -0.25) is 0 Å². The van der Waals surface area contributed by atoms with E-state index in [2.05, 4.69) is 6.07 Å². The van der Waals surface area contributed by atoms with Crippen molar-refractivity contribution in [2.75, 3.05) is 0 Å². The van der Waals surface area contributed by atoms with Gasteiger partial charge in [-0.25, -0.2) is 0 Å². The molecule has 0 aliphatic carbocycles. The second-order valence-electron chi connectivity index (χ2n) is 2.69. The first-order valence-corrected chi connectivity index (χ1v) is 4.37. The molecule has 0 N–H and O–H groups in total. The van der Waals surface area contributed by atoms with Crippen LogP contribution in [0.5, 0.6) is 0 Å². The molecule has 2 aromatic rings. The molecule has 0 bridgehead atoms. The molecule has 0 aliphatic rings. The maximum atomic E-state index is 5.85. The molecule has 1 aromatic heterocycles. The molecular formula is C11H8ClN+. The zero-order valence-electron chi connectivity index (χ0n) is 6.94. The average Bonchev–Trinajstić information content (AvgIpc) is 2.19. The highest BCUT2D eigenvalue weighted by Gasteiger charge is 2.03. The summed E-state index contributed by atoms with van der Waals surface area (Å²) in [5.41, 5.74) is 1.02. The van der Waals surface area contributed by atoms with Gasteiger partial charge in [0.05, 0.1) is 0 Å².